The van der Waals surface area contributed by atoms with Crippen LogP contribution in [0.5, 0.6) is 0 Å². The van der Waals surface area contributed by atoms with E-state index in [9.17, 15) is 5.11 Å². The lowest BCUT2D eigenvalue weighted by Gasteiger charge is -2.26. The van der Waals surface area contributed by atoms with E-state index in [4.69, 9.17) is 0 Å². The first-order valence-electron chi connectivity index (χ1n) is 4.95. The molecule has 0 aromatic heterocycles. The molecular formula is C12H15NO. The second-order valence-corrected chi connectivity index (χ2v) is 3.56. The molecule has 1 atom stereocenters. The maximum absolute atomic E-state index is 9.21. The first-order chi connectivity index (χ1) is 6.86. The first-order valence-corrected chi connectivity index (χ1v) is 4.95. The Kier molecular flexibility index (Phi) is 2.66. The molecule has 1 aliphatic rings. The summed E-state index contributed by atoms with van der Waals surface area (Å²) in [6, 6.07) is 6.27. The predicted molar refractivity (Wildman–Crippen MR) is 58.1 cm³/mol. The van der Waals surface area contributed by atoms with Gasteiger partial charge in [0.15, 0.2) is 0 Å². The van der Waals surface area contributed by atoms with Gasteiger partial charge in [0.1, 0.15) is 0 Å². The number of aliphatic hydroxyl groups excluding tert-OH is 1. The Morgan fingerprint density at radius 2 is 2.43 bits per heavy atom. The summed E-state index contributed by atoms with van der Waals surface area (Å²) in [6.45, 7) is 4.90. The summed E-state index contributed by atoms with van der Waals surface area (Å²) in [5, 5.41) is 12.5. The van der Waals surface area contributed by atoms with E-state index in [1.54, 1.807) is 0 Å². The molecule has 1 aliphatic heterocycles. The highest BCUT2D eigenvalue weighted by Crippen LogP contribution is 2.25. The highest BCUT2D eigenvalue weighted by molar-refractivity contribution is 5.55. The molecule has 0 saturated heterocycles. The van der Waals surface area contributed by atoms with Crippen molar-refractivity contribution in [3.05, 3.63) is 41.5 Å². The predicted octanol–water partition coefficient (Wildman–Crippen LogP) is 1.51. The number of fused-ring (bicyclic) bond motifs is 1. The fourth-order valence-electron chi connectivity index (χ4n) is 2.07. The maximum atomic E-state index is 9.21. The van der Waals surface area contributed by atoms with Gasteiger partial charge < -0.3 is 10.4 Å². The molecule has 0 saturated carbocycles. The summed E-state index contributed by atoms with van der Waals surface area (Å²) in [6.07, 6.45) is 2.91. The molecule has 1 heterocycles. The summed E-state index contributed by atoms with van der Waals surface area (Å²) >= 11 is 0. The van der Waals surface area contributed by atoms with E-state index in [2.05, 4.69) is 24.0 Å². The minimum Gasteiger partial charge on any atom is -0.394 e. The van der Waals surface area contributed by atoms with Gasteiger partial charge in [-0.2, -0.15) is 0 Å². The van der Waals surface area contributed by atoms with Crippen molar-refractivity contribution in [2.75, 3.05) is 13.2 Å². The Balaban J connectivity index is 2.48. The van der Waals surface area contributed by atoms with E-state index in [0.29, 0.717) is 0 Å². The van der Waals surface area contributed by atoms with Crippen LogP contribution >= 0.6 is 0 Å². The van der Waals surface area contributed by atoms with Crippen molar-refractivity contribution in [1.29, 1.82) is 0 Å². The minimum atomic E-state index is 0.0960. The zero-order valence-electron chi connectivity index (χ0n) is 8.16. The number of rotatable bonds is 2. The van der Waals surface area contributed by atoms with Crippen molar-refractivity contribution in [1.82, 2.24) is 5.32 Å². The summed E-state index contributed by atoms with van der Waals surface area (Å²) in [4.78, 5) is 0. The molecule has 1 aromatic rings. The highest BCUT2D eigenvalue weighted by Gasteiger charge is 2.19. The van der Waals surface area contributed by atoms with Crippen molar-refractivity contribution >= 4 is 6.08 Å². The maximum Gasteiger partial charge on any atom is 0.0626 e. The van der Waals surface area contributed by atoms with Crippen LogP contribution in [0.3, 0.4) is 0 Å². The average molecular weight is 189 g/mol. The molecule has 2 nitrogen and oxygen atoms in total. The number of aliphatic hydroxyl groups is 1. The van der Waals surface area contributed by atoms with Crippen LogP contribution in [0, 0.1) is 0 Å². The molecule has 74 valence electrons. The van der Waals surface area contributed by atoms with E-state index in [1.165, 1.54) is 16.7 Å². The molecule has 0 amide bonds. The van der Waals surface area contributed by atoms with Gasteiger partial charge in [0.25, 0.3) is 0 Å². The Bertz CT molecular complexity index is 346. The van der Waals surface area contributed by atoms with E-state index in [-0.39, 0.29) is 12.6 Å². The largest absolute Gasteiger partial charge is 0.394 e. The second-order valence-electron chi connectivity index (χ2n) is 3.56. The topological polar surface area (TPSA) is 32.3 Å². The van der Waals surface area contributed by atoms with Crippen LogP contribution in [0.4, 0.5) is 0 Å². The third kappa shape index (κ3) is 1.47. The van der Waals surface area contributed by atoms with Crippen molar-refractivity contribution in [2.45, 2.75) is 12.5 Å². The molecular weight excluding hydrogens is 174 g/mol. The Hall–Kier alpha value is -1.12. The van der Waals surface area contributed by atoms with Gasteiger partial charge in [-0.15, -0.1) is 0 Å². The summed E-state index contributed by atoms with van der Waals surface area (Å²) in [7, 11) is 0. The highest BCUT2D eigenvalue weighted by atomic mass is 16.3. The molecule has 0 unspecified atom stereocenters. The molecule has 14 heavy (non-hydrogen) atoms. The van der Waals surface area contributed by atoms with Crippen LogP contribution in [0.25, 0.3) is 6.08 Å². The summed E-state index contributed by atoms with van der Waals surface area (Å²) in [5.74, 6) is 0. The van der Waals surface area contributed by atoms with Crippen molar-refractivity contribution in [3.8, 4) is 0 Å². The van der Waals surface area contributed by atoms with Crippen LogP contribution in [0.15, 0.2) is 24.8 Å². The van der Waals surface area contributed by atoms with Gasteiger partial charge in [0, 0.05) is 0 Å². The van der Waals surface area contributed by atoms with E-state index >= 15 is 0 Å². The molecule has 0 fully saturated rings. The normalized spacial score (nSPS) is 20.2. The van der Waals surface area contributed by atoms with E-state index < -0.39 is 0 Å². The van der Waals surface area contributed by atoms with Gasteiger partial charge >= 0.3 is 0 Å². The number of benzene rings is 1. The molecule has 0 aliphatic carbocycles. The summed E-state index contributed by atoms with van der Waals surface area (Å²) < 4.78 is 0. The van der Waals surface area contributed by atoms with Crippen LogP contribution in [-0.4, -0.2) is 18.3 Å². The number of hydrogen-bond acceptors (Lipinski definition) is 2. The zero-order chi connectivity index (χ0) is 9.97. The van der Waals surface area contributed by atoms with Gasteiger partial charge in [0.05, 0.1) is 12.6 Å². The van der Waals surface area contributed by atoms with Crippen LogP contribution in [-0.2, 0) is 6.42 Å². The van der Waals surface area contributed by atoms with Crippen LogP contribution in [0.1, 0.15) is 22.7 Å². The van der Waals surface area contributed by atoms with E-state index in [1.807, 2.05) is 12.1 Å². The van der Waals surface area contributed by atoms with Crippen molar-refractivity contribution < 1.29 is 5.11 Å². The molecule has 2 rings (SSSR count). The van der Waals surface area contributed by atoms with Gasteiger partial charge in [-0.1, -0.05) is 30.9 Å². The van der Waals surface area contributed by atoms with Gasteiger partial charge in [-0.3, -0.25) is 0 Å². The van der Waals surface area contributed by atoms with Crippen molar-refractivity contribution in [2.24, 2.45) is 0 Å². The number of nitrogens with one attached hydrogen (secondary N) is 1. The quantitative estimate of drug-likeness (QED) is 0.739. The monoisotopic (exact) mass is 189 g/mol. The second kappa shape index (κ2) is 3.95. The molecule has 2 heteroatoms. The zero-order valence-corrected chi connectivity index (χ0v) is 8.16. The number of hydrogen-bond donors (Lipinski definition) is 2. The summed E-state index contributed by atoms with van der Waals surface area (Å²) in [5.41, 5.74) is 3.75. The van der Waals surface area contributed by atoms with Crippen LogP contribution in [0.2, 0.25) is 0 Å². The SMILES string of the molecule is C=Cc1cccc2c1CCN[C@@H]2CO. The minimum absolute atomic E-state index is 0.0960. The molecule has 0 radical (unpaired) electrons. The fraction of sp³-hybridized carbons (Fsp3) is 0.333. The average Bonchev–Trinajstić information content (AvgIpc) is 2.27. The lowest BCUT2D eigenvalue weighted by atomic mass is 9.91. The Morgan fingerprint density at radius 1 is 1.57 bits per heavy atom. The third-order valence-corrected chi connectivity index (χ3v) is 2.79. The molecule has 1 aromatic carbocycles. The van der Waals surface area contributed by atoms with Crippen LogP contribution < -0.4 is 5.32 Å². The van der Waals surface area contributed by atoms with Gasteiger partial charge in [-0.05, 0) is 29.7 Å². The molecule has 0 spiro atoms. The van der Waals surface area contributed by atoms with Gasteiger partial charge in [0.2, 0.25) is 0 Å². The smallest absolute Gasteiger partial charge is 0.0626 e. The standard InChI is InChI=1S/C12H15NO/c1-2-9-4-3-5-11-10(9)6-7-13-12(11)8-14/h2-5,12-14H,1,6-8H2/t12-/m1/s1. The first kappa shape index (κ1) is 9.44. The fourth-order valence-corrected chi connectivity index (χ4v) is 2.07. The van der Waals surface area contributed by atoms with Crippen molar-refractivity contribution in [3.63, 3.8) is 0 Å². The molecule has 0 bridgehead atoms. The van der Waals surface area contributed by atoms with Gasteiger partial charge in [-0.25, -0.2) is 0 Å². The third-order valence-electron chi connectivity index (χ3n) is 2.79. The Labute approximate surface area is 84.3 Å². The Morgan fingerprint density at radius 3 is 3.14 bits per heavy atom. The lowest BCUT2D eigenvalue weighted by Crippen LogP contribution is -2.32. The lowest BCUT2D eigenvalue weighted by molar-refractivity contribution is 0.240. The van der Waals surface area contributed by atoms with E-state index in [0.717, 1.165) is 13.0 Å². The molecule has 2 N–H and O–H groups in total.